The van der Waals surface area contributed by atoms with Crippen molar-refractivity contribution in [2.75, 3.05) is 0 Å². The van der Waals surface area contributed by atoms with E-state index < -0.39 is 0 Å². The van der Waals surface area contributed by atoms with Crippen LogP contribution in [0.1, 0.15) is 0 Å². The Bertz CT molecular complexity index is 11.6. The van der Waals surface area contributed by atoms with Crippen LogP contribution in [0, 0.1) is 0 Å². The van der Waals surface area contributed by atoms with Gasteiger partial charge in [-0.05, 0) is 0 Å². The first-order chi connectivity index (χ1) is 0. The van der Waals surface area contributed by atoms with Gasteiger partial charge in [0.2, 0.25) is 0 Å². The number of hydrogen-bond acceptors (Lipinski definition) is 0. The van der Waals surface area contributed by atoms with Crippen LogP contribution in [0.5, 0.6) is 0 Å². The van der Waals surface area contributed by atoms with E-state index in [0.717, 1.165) is 0 Å². The first kappa shape index (κ1) is 52.4. The fraction of sp³-hybridized carbons (Fsp3) is 0. The van der Waals surface area contributed by atoms with Crippen molar-refractivity contribution in [2.24, 2.45) is 0 Å². The van der Waals surface area contributed by atoms with Crippen molar-refractivity contribution in [3.8, 4) is 0 Å². The minimum absolute atomic E-state index is 0. The molecule has 5 heavy (non-hydrogen) atoms. The zero-order valence-corrected chi connectivity index (χ0v) is 10.1. The maximum absolute atomic E-state index is 0. The van der Waals surface area contributed by atoms with Crippen LogP contribution >= 0.6 is 0 Å². The Morgan fingerprint density at radius 1 is 1.00 bits per heavy atom. The van der Waals surface area contributed by atoms with Gasteiger partial charge in [0.1, 0.15) is 0 Å². The van der Waals surface area contributed by atoms with Gasteiger partial charge in [0.05, 0.1) is 0 Å². The number of hydrogen-bond donors (Lipinski definition) is 0. The first-order valence-corrected chi connectivity index (χ1v) is 0. The summed E-state index contributed by atoms with van der Waals surface area (Å²) in [6.07, 6.45) is 0. The molecule has 0 atom stereocenters. The molecule has 0 bridgehead atoms. The predicted molar refractivity (Wildman–Crippen MR) is 6.44 cm³/mol. The van der Waals surface area contributed by atoms with Gasteiger partial charge in [0, 0.05) is 0 Å². The average Bonchev–Trinajstić information content (AvgIpc) is 0. The molecule has 0 aromatic heterocycles. The largest absolute Gasteiger partial charge is 4.00 e. The van der Waals surface area contributed by atoms with E-state index in [1.807, 2.05) is 0 Å². The van der Waals surface area contributed by atoms with Crippen molar-refractivity contribution < 1.29 is 64.9 Å². The molecule has 1 nitrogen and oxygen atoms in total. The summed E-state index contributed by atoms with van der Waals surface area (Å²) in [6.45, 7) is 0. The minimum Gasteiger partial charge on any atom is -2.00 e. The van der Waals surface area contributed by atoms with Gasteiger partial charge >= 0.3 is 77.0 Å². The van der Waals surface area contributed by atoms with Crippen LogP contribution < -0.4 is 18.9 Å². The second kappa shape index (κ2) is 32.3. The minimum atomic E-state index is 0. The van der Waals surface area contributed by atoms with Crippen LogP contribution in [0.3, 0.4) is 0 Å². The van der Waals surface area contributed by atoms with Crippen molar-refractivity contribution in [1.29, 1.82) is 0 Å². The zero-order valence-electron chi connectivity index (χ0n) is 3.02. The quantitative estimate of drug-likeness (QED) is 0.403. The maximum atomic E-state index is 0. The molecule has 0 saturated heterocycles. The fourth-order valence-corrected chi connectivity index (χ4v) is 0. The van der Waals surface area contributed by atoms with E-state index in [0.29, 0.717) is 0 Å². The molecule has 0 aliphatic rings. The van der Waals surface area contributed by atoms with E-state index in [9.17, 15) is 0 Å². The summed E-state index contributed by atoms with van der Waals surface area (Å²) in [5, 5.41) is 0. The molecule has 0 N–H and O–H groups in total. The summed E-state index contributed by atoms with van der Waals surface area (Å²) in [5.41, 5.74) is 0. The smallest absolute Gasteiger partial charge is 2.00 e. The summed E-state index contributed by atoms with van der Waals surface area (Å²) < 4.78 is 0. The van der Waals surface area contributed by atoms with Crippen LogP contribution in [-0.2, 0) is 46.0 Å². The summed E-state index contributed by atoms with van der Waals surface area (Å²) >= 11 is 0. The summed E-state index contributed by atoms with van der Waals surface area (Å²) in [7, 11) is 0. The van der Waals surface area contributed by atoms with Gasteiger partial charge in [-0.2, -0.15) is 0 Å². The predicted octanol–water partition coefficient (Wildman–Crippen LogP) is -3.50. The normalized spacial score (nSPS) is 0. The van der Waals surface area contributed by atoms with E-state index in [1.165, 1.54) is 0 Å². The molecule has 0 amide bonds. The summed E-state index contributed by atoms with van der Waals surface area (Å²) in [4.78, 5) is 0. The Balaban J connectivity index is 0. The van der Waals surface area contributed by atoms with Crippen molar-refractivity contribution in [3.63, 3.8) is 0 Å². The van der Waals surface area contributed by atoms with Crippen molar-refractivity contribution in [2.45, 2.75) is 0 Å². The van der Waals surface area contributed by atoms with Gasteiger partial charge in [0.15, 0.2) is 0 Å². The van der Waals surface area contributed by atoms with Crippen molar-refractivity contribution in [1.82, 2.24) is 0 Å². The van der Waals surface area contributed by atoms with E-state index in [-0.39, 0.29) is 82.5 Å². The second-order valence-electron chi connectivity index (χ2n) is 0. The van der Waals surface area contributed by atoms with Gasteiger partial charge in [-0.15, -0.1) is 0 Å². The molecule has 12 valence electrons. The van der Waals surface area contributed by atoms with Crippen LogP contribution in [0.15, 0.2) is 0 Å². The van der Waals surface area contributed by atoms with Gasteiger partial charge in [-0.1, -0.05) is 0 Å². The third-order valence-electron chi connectivity index (χ3n) is 0. The van der Waals surface area contributed by atoms with E-state index in [1.54, 1.807) is 0 Å². The summed E-state index contributed by atoms with van der Waals surface area (Å²) in [6, 6.07) is 0. The van der Waals surface area contributed by atoms with Gasteiger partial charge < -0.3 is 5.48 Å². The molecule has 0 unspecified atom stereocenters. The molecule has 2 radical (unpaired) electrons. The molecule has 0 fully saturated rings. The fourth-order valence-electron chi connectivity index (χ4n) is 0. The molecule has 0 aliphatic heterocycles. The Morgan fingerprint density at radius 2 is 1.00 bits per heavy atom. The topological polar surface area (TPSA) is 28.5 Å². The molecule has 0 spiro atoms. The molecule has 0 saturated carbocycles. The molecule has 5 heteroatoms. The Kier molecular flexibility index (Phi) is 338. The summed E-state index contributed by atoms with van der Waals surface area (Å²) in [5.74, 6) is 0. The molecule has 0 heterocycles. The van der Waals surface area contributed by atoms with E-state index in [4.69, 9.17) is 0 Å². The molecule has 0 aromatic rings. The van der Waals surface area contributed by atoms with Crippen LogP contribution in [0.25, 0.3) is 0 Å². The molecular formula is GeLiMoOZn+7. The van der Waals surface area contributed by atoms with Gasteiger partial charge in [-0.25, -0.2) is 0 Å². The van der Waals surface area contributed by atoms with E-state index in [2.05, 4.69) is 0 Å². The molecular weight excluding hydrogens is 257 g/mol. The molecule has 0 rings (SSSR count). The van der Waals surface area contributed by atoms with Gasteiger partial charge in [0.25, 0.3) is 0 Å². The monoisotopic (exact) mass is 259 g/mol. The van der Waals surface area contributed by atoms with Crippen molar-refractivity contribution >= 4 is 17.6 Å². The van der Waals surface area contributed by atoms with E-state index >= 15 is 0 Å². The van der Waals surface area contributed by atoms with Crippen LogP contribution in [0.4, 0.5) is 0 Å². The Labute approximate surface area is 81.5 Å². The number of rotatable bonds is 0. The third-order valence-corrected chi connectivity index (χ3v) is 0. The van der Waals surface area contributed by atoms with Crippen LogP contribution in [0.2, 0.25) is 0 Å². The second-order valence-corrected chi connectivity index (χ2v) is 0. The maximum Gasteiger partial charge on any atom is 4.00 e. The molecule has 0 aliphatic carbocycles. The Hall–Kier alpha value is 2.41. The Morgan fingerprint density at radius 3 is 1.00 bits per heavy atom. The average molecular weight is 257 g/mol. The zero-order chi connectivity index (χ0) is 0. The SMILES string of the molecule is [Ge+2].[Li+].[Mo+4].[O-2].[Zn+2]. The third kappa shape index (κ3) is 21.5. The van der Waals surface area contributed by atoms with Crippen molar-refractivity contribution in [3.05, 3.63) is 0 Å². The molecule has 0 aromatic carbocycles. The standard InChI is InChI=1S/Ge.Li.Mo.O.Zn/q+2;+1;+4;-2;+2. The first-order valence-electron chi connectivity index (χ1n) is 0. The van der Waals surface area contributed by atoms with Crippen LogP contribution in [-0.4, -0.2) is 17.6 Å². The van der Waals surface area contributed by atoms with Gasteiger partial charge in [-0.3, -0.25) is 0 Å².